The molecule has 5 heteroatoms. The number of nitro groups is 1. The summed E-state index contributed by atoms with van der Waals surface area (Å²) >= 11 is 0. The highest BCUT2D eigenvalue weighted by Gasteiger charge is 2.30. The van der Waals surface area contributed by atoms with Crippen molar-refractivity contribution in [1.29, 1.82) is 0 Å². The summed E-state index contributed by atoms with van der Waals surface area (Å²) in [6, 6.07) is 4.73. The Balaban J connectivity index is 3.44. The minimum Gasteiger partial charge on any atom is -0.394 e. The number of nitro benzene ring substituents is 1. The van der Waals surface area contributed by atoms with Crippen molar-refractivity contribution in [2.45, 2.75) is 19.4 Å². The van der Waals surface area contributed by atoms with Crippen LogP contribution in [0.3, 0.4) is 0 Å². The Kier molecular flexibility index (Phi) is 3.06. The molecule has 1 atom stereocenters. The summed E-state index contributed by atoms with van der Waals surface area (Å²) < 4.78 is 0. The maximum atomic E-state index is 10.8. The molecule has 3 N–H and O–H groups in total. The number of aliphatic hydroxyl groups excluding tert-OH is 1. The molecule has 1 rings (SSSR count). The fourth-order valence-electron chi connectivity index (χ4n) is 1.63. The van der Waals surface area contributed by atoms with E-state index < -0.39 is 10.5 Å². The predicted octanol–water partition coefficient (Wildman–Crippen LogP) is 1.07. The molecule has 0 aliphatic rings. The maximum absolute atomic E-state index is 10.8. The summed E-state index contributed by atoms with van der Waals surface area (Å²) in [5.74, 6) is 0. The molecule has 1 aromatic carbocycles. The largest absolute Gasteiger partial charge is 0.394 e. The van der Waals surface area contributed by atoms with Crippen LogP contribution in [0.5, 0.6) is 0 Å². The number of aryl methyl sites for hydroxylation is 1. The summed E-state index contributed by atoms with van der Waals surface area (Å²) in [5, 5.41) is 19.9. The van der Waals surface area contributed by atoms with Gasteiger partial charge in [0.2, 0.25) is 0 Å². The van der Waals surface area contributed by atoms with Gasteiger partial charge in [0.25, 0.3) is 5.69 Å². The SMILES string of the molecule is Cc1cccc([N+](=O)[O-])c1C(C)(N)CO. The van der Waals surface area contributed by atoms with Crippen LogP contribution in [0.1, 0.15) is 18.1 Å². The Morgan fingerprint density at radius 3 is 2.67 bits per heavy atom. The van der Waals surface area contributed by atoms with Gasteiger partial charge in [-0.05, 0) is 19.4 Å². The van der Waals surface area contributed by atoms with Crippen LogP contribution in [0.2, 0.25) is 0 Å². The summed E-state index contributed by atoms with van der Waals surface area (Å²) in [5.41, 5.74) is 5.78. The number of benzene rings is 1. The molecule has 0 aliphatic carbocycles. The van der Waals surface area contributed by atoms with Crippen molar-refractivity contribution in [1.82, 2.24) is 0 Å². The molecule has 1 aromatic rings. The Morgan fingerprint density at radius 1 is 1.60 bits per heavy atom. The number of aliphatic hydroxyl groups is 1. The van der Waals surface area contributed by atoms with Crippen LogP contribution in [-0.2, 0) is 5.54 Å². The first kappa shape index (κ1) is 11.6. The molecule has 5 nitrogen and oxygen atoms in total. The van der Waals surface area contributed by atoms with Gasteiger partial charge in [0, 0.05) is 6.07 Å². The lowest BCUT2D eigenvalue weighted by molar-refractivity contribution is -0.386. The monoisotopic (exact) mass is 210 g/mol. The van der Waals surface area contributed by atoms with Gasteiger partial charge < -0.3 is 10.8 Å². The smallest absolute Gasteiger partial charge is 0.274 e. The lowest BCUT2D eigenvalue weighted by Gasteiger charge is -2.23. The molecule has 0 bridgehead atoms. The van der Waals surface area contributed by atoms with Gasteiger partial charge in [0.05, 0.1) is 22.6 Å². The fraction of sp³-hybridized carbons (Fsp3) is 0.400. The molecule has 15 heavy (non-hydrogen) atoms. The summed E-state index contributed by atoms with van der Waals surface area (Å²) in [7, 11) is 0. The topological polar surface area (TPSA) is 89.4 Å². The van der Waals surface area contributed by atoms with Crippen molar-refractivity contribution < 1.29 is 10.0 Å². The van der Waals surface area contributed by atoms with E-state index >= 15 is 0 Å². The quantitative estimate of drug-likeness (QED) is 0.576. The second-order valence-corrected chi connectivity index (χ2v) is 3.80. The van der Waals surface area contributed by atoms with E-state index in [2.05, 4.69) is 0 Å². The molecule has 0 fully saturated rings. The molecule has 82 valence electrons. The first-order chi connectivity index (χ1) is 6.90. The first-order valence-corrected chi connectivity index (χ1v) is 4.54. The Labute approximate surface area is 87.7 Å². The molecule has 1 unspecified atom stereocenters. The molecule has 0 radical (unpaired) electrons. The van der Waals surface area contributed by atoms with Crippen LogP contribution in [-0.4, -0.2) is 16.6 Å². The third kappa shape index (κ3) is 2.14. The average molecular weight is 210 g/mol. The van der Waals surface area contributed by atoms with E-state index in [0.717, 1.165) is 0 Å². The summed E-state index contributed by atoms with van der Waals surface area (Å²) in [6.07, 6.45) is 0. The van der Waals surface area contributed by atoms with Crippen molar-refractivity contribution in [3.8, 4) is 0 Å². The Hall–Kier alpha value is -1.46. The number of hydrogen-bond donors (Lipinski definition) is 2. The average Bonchev–Trinajstić information content (AvgIpc) is 2.17. The standard InChI is InChI=1S/C10H14N2O3/c1-7-4-3-5-8(12(14)15)9(7)10(2,11)6-13/h3-5,13H,6,11H2,1-2H3. The zero-order valence-electron chi connectivity index (χ0n) is 8.73. The minimum absolute atomic E-state index is 0.0472. The third-order valence-electron chi connectivity index (χ3n) is 2.35. The molecule has 0 heterocycles. The van der Waals surface area contributed by atoms with Crippen LogP contribution < -0.4 is 5.73 Å². The summed E-state index contributed by atoms with van der Waals surface area (Å²) in [4.78, 5) is 10.3. The molecular formula is C10H14N2O3. The minimum atomic E-state index is -1.09. The zero-order valence-corrected chi connectivity index (χ0v) is 8.73. The Morgan fingerprint density at radius 2 is 2.20 bits per heavy atom. The van der Waals surface area contributed by atoms with Gasteiger partial charge in [-0.3, -0.25) is 10.1 Å². The van der Waals surface area contributed by atoms with Gasteiger partial charge >= 0.3 is 0 Å². The van der Waals surface area contributed by atoms with Gasteiger partial charge in [0.15, 0.2) is 0 Å². The molecule has 0 aromatic heterocycles. The van der Waals surface area contributed by atoms with Crippen molar-refractivity contribution in [2.24, 2.45) is 5.73 Å². The number of rotatable bonds is 3. The molecular weight excluding hydrogens is 196 g/mol. The van der Waals surface area contributed by atoms with E-state index in [1.54, 1.807) is 26.0 Å². The number of nitrogens with zero attached hydrogens (tertiary/aromatic N) is 1. The van der Waals surface area contributed by atoms with E-state index in [1.807, 2.05) is 0 Å². The summed E-state index contributed by atoms with van der Waals surface area (Å²) in [6.45, 7) is 2.98. The molecule has 0 aliphatic heterocycles. The van der Waals surface area contributed by atoms with Gasteiger partial charge in [-0.15, -0.1) is 0 Å². The second kappa shape index (κ2) is 3.96. The number of hydrogen-bond acceptors (Lipinski definition) is 4. The van der Waals surface area contributed by atoms with Crippen molar-refractivity contribution in [3.05, 3.63) is 39.4 Å². The van der Waals surface area contributed by atoms with Crippen LogP contribution in [0.15, 0.2) is 18.2 Å². The van der Waals surface area contributed by atoms with Crippen molar-refractivity contribution in [3.63, 3.8) is 0 Å². The Bertz CT molecular complexity index is 388. The molecule has 0 saturated heterocycles. The lowest BCUT2D eigenvalue weighted by atomic mass is 9.89. The molecule has 0 amide bonds. The highest BCUT2D eigenvalue weighted by Crippen LogP contribution is 2.30. The maximum Gasteiger partial charge on any atom is 0.274 e. The second-order valence-electron chi connectivity index (χ2n) is 3.80. The van der Waals surface area contributed by atoms with Crippen LogP contribution in [0, 0.1) is 17.0 Å². The van der Waals surface area contributed by atoms with Crippen LogP contribution >= 0.6 is 0 Å². The number of nitrogens with two attached hydrogens (primary N) is 1. The fourth-order valence-corrected chi connectivity index (χ4v) is 1.63. The third-order valence-corrected chi connectivity index (χ3v) is 2.35. The van der Waals surface area contributed by atoms with Crippen molar-refractivity contribution >= 4 is 5.69 Å². The van der Waals surface area contributed by atoms with E-state index in [4.69, 9.17) is 10.8 Å². The first-order valence-electron chi connectivity index (χ1n) is 4.54. The van der Waals surface area contributed by atoms with Gasteiger partial charge in [0.1, 0.15) is 0 Å². The highest BCUT2D eigenvalue weighted by atomic mass is 16.6. The van der Waals surface area contributed by atoms with Crippen LogP contribution in [0.4, 0.5) is 5.69 Å². The van der Waals surface area contributed by atoms with Crippen LogP contribution in [0.25, 0.3) is 0 Å². The van der Waals surface area contributed by atoms with E-state index in [-0.39, 0.29) is 12.3 Å². The van der Waals surface area contributed by atoms with Gasteiger partial charge in [-0.2, -0.15) is 0 Å². The molecule has 0 saturated carbocycles. The zero-order chi connectivity index (χ0) is 11.6. The van der Waals surface area contributed by atoms with Gasteiger partial charge in [-0.25, -0.2) is 0 Å². The van der Waals surface area contributed by atoms with E-state index in [0.29, 0.717) is 11.1 Å². The predicted molar refractivity (Wildman–Crippen MR) is 56.5 cm³/mol. The van der Waals surface area contributed by atoms with E-state index in [9.17, 15) is 10.1 Å². The molecule has 0 spiro atoms. The van der Waals surface area contributed by atoms with Gasteiger partial charge in [-0.1, -0.05) is 12.1 Å². The lowest BCUT2D eigenvalue weighted by Crippen LogP contribution is -2.38. The normalized spacial score (nSPS) is 14.7. The van der Waals surface area contributed by atoms with Crippen molar-refractivity contribution in [2.75, 3.05) is 6.61 Å². The van der Waals surface area contributed by atoms with E-state index in [1.165, 1.54) is 6.07 Å². The highest BCUT2D eigenvalue weighted by molar-refractivity contribution is 5.49.